The predicted molar refractivity (Wildman–Crippen MR) is 161 cm³/mol. The van der Waals surface area contributed by atoms with Crippen LogP contribution in [0.2, 0.25) is 0 Å². The Kier molecular flexibility index (Phi) is 13.3. The average molecular weight is 705 g/mol. The molecule has 5 rings (SSSR count). The summed E-state index contributed by atoms with van der Waals surface area (Å²) in [6.07, 6.45) is -2.40. The molecule has 3 aromatic rings. The lowest BCUT2D eigenvalue weighted by molar-refractivity contribution is -0.193. The van der Waals surface area contributed by atoms with Gasteiger partial charge in [-0.05, 0) is 74.3 Å². The molecule has 0 radical (unpaired) electrons. The third-order valence-electron chi connectivity index (χ3n) is 7.45. The van der Waals surface area contributed by atoms with E-state index in [2.05, 4.69) is 27.5 Å². The molecule has 1 aromatic heterocycles. The van der Waals surface area contributed by atoms with Crippen molar-refractivity contribution < 1.29 is 65.1 Å². The van der Waals surface area contributed by atoms with Crippen LogP contribution in [-0.2, 0) is 20.8 Å². The highest BCUT2D eigenvalue weighted by Gasteiger charge is 2.39. The lowest BCUT2D eigenvalue weighted by atomic mass is 9.95. The molecule has 268 valence electrons. The highest BCUT2D eigenvalue weighted by Crippen LogP contribution is 2.34. The number of likely N-dealkylation sites (N-methyl/N-ethyl adjacent to an activating group) is 1. The largest absolute Gasteiger partial charge is 0.497 e. The number of nitrogens with one attached hydrogen (secondary N) is 2. The molecule has 0 bridgehead atoms. The van der Waals surface area contributed by atoms with Crippen LogP contribution >= 0.6 is 0 Å². The molecular weight excluding hydrogens is 670 g/mol. The first kappa shape index (κ1) is 38.4. The molecule has 1 amide bonds. The molecule has 1 fully saturated rings. The van der Waals surface area contributed by atoms with Crippen molar-refractivity contribution in [1.29, 1.82) is 0 Å². The quantitative estimate of drug-likeness (QED) is 0.234. The number of piperidine rings is 1. The van der Waals surface area contributed by atoms with Gasteiger partial charge in [0.2, 0.25) is 5.91 Å². The van der Waals surface area contributed by atoms with Crippen LogP contribution in [0.25, 0.3) is 11.1 Å². The number of methoxy groups -OCH3 is 1. The molecule has 2 aliphatic rings. The molecule has 18 heteroatoms. The number of carbonyl (C=O) groups excluding carboxylic acids is 1. The van der Waals surface area contributed by atoms with Crippen molar-refractivity contribution >= 4 is 23.5 Å². The summed E-state index contributed by atoms with van der Waals surface area (Å²) in [6.45, 7) is 2.00. The minimum absolute atomic E-state index is 0.0887. The fraction of sp³-hybridized carbons (Fsp3) is 0.419. The van der Waals surface area contributed by atoms with Gasteiger partial charge < -0.3 is 34.6 Å². The van der Waals surface area contributed by atoms with E-state index in [9.17, 15) is 31.1 Å². The number of halogens is 6. The first-order chi connectivity index (χ1) is 23.0. The summed E-state index contributed by atoms with van der Waals surface area (Å²) in [6, 6.07) is 11.9. The van der Waals surface area contributed by atoms with E-state index in [-0.39, 0.29) is 11.8 Å². The Hall–Kier alpha value is -5.00. The number of alkyl halides is 6. The predicted octanol–water partition coefficient (Wildman–Crippen LogP) is 5.40. The molecule has 0 saturated carbocycles. The number of aromatic amines is 1. The van der Waals surface area contributed by atoms with Gasteiger partial charge in [0, 0.05) is 17.8 Å². The van der Waals surface area contributed by atoms with Gasteiger partial charge in [-0.15, -0.1) is 0 Å². The van der Waals surface area contributed by atoms with E-state index >= 15 is 0 Å². The Morgan fingerprint density at radius 3 is 2.27 bits per heavy atom. The number of carboxylic acid groups (broad SMARTS) is 2. The summed E-state index contributed by atoms with van der Waals surface area (Å²) in [5.74, 6) is -3.68. The zero-order valence-electron chi connectivity index (χ0n) is 26.2. The summed E-state index contributed by atoms with van der Waals surface area (Å²) in [4.78, 5) is 33.4. The number of fused-ring (bicyclic) bond motifs is 1. The molecule has 3 heterocycles. The summed E-state index contributed by atoms with van der Waals surface area (Å²) < 4.78 is 81.0. The summed E-state index contributed by atoms with van der Waals surface area (Å²) in [7, 11) is 3.78. The number of ether oxygens (including phenoxy) is 3. The number of amides is 1. The van der Waals surface area contributed by atoms with Gasteiger partial charge in [-0.25, -0.2) is 9.59 Å². The normalized spacial score (nSPS) is 17.5. The highest BCUT2D eigenvalue weighted by atomic mass is 19.4. The SMILES string of the molecule is COc1ccc2c(c1)CC(C(=O)Nc1ccc(-c3cn[nH]c3)cc1OCC1CCCCN1C)CO2.O=C(O)C(F)(F)F.O=C(O)C(F)(F)F. The van der Waals surface area contributed by atoms with E-state index in [1.54, 1.807) is 13.3 Å². The molecular formula is C31H34F6N4O8. The number of H-pyrrole nitrogens is 1. The van der Waals surface area contributed by atoms with Gasteiger partial charge >= 0.3 is 24.3 Å². The minimum atomic E-state index is -5.08. The summed E-state index contributed by atoms with van der Waals surface area (Å²) in [5.41, 5.74) is 3.58. The third kappa shape index (κ3) is 11.6. The molecule has 12 nitrogen and oxygen atoms in total. The van der Waals surface area contributed by atoms with E-state index in [0.717, 1.165) is 41.2 Å². The van der Waals surface area contributed by atoms with Crippen LogP contribution in [-0.4, -0.2) is 95.5 Å². The monoisotopic (exact) mass is 704 g/mol. The van der Waals surface area contributed by atoms with Crippen LogP contribution in [0.4, 0.5) is 32.0 Å². The maximum atomic E-state index is 13.3. The van der Waals surface area contributed by atoms with Gasteiger partial charge in [-0.3, -0.25) is 9.89 Å². The minimum Gasteiger partial charge on any atom is -0.497 e. The number of nitrogens with zero attached hydrogens (tertiary/aromatic N) is 2. The van der Waals surface area contributed by atoms with Crippen LogP contribution in [0.3, 0.4) is 0 Å². The number of likely N-dealkylation sites (tertiary alicyclic amines) is 1. The molecule has 49 heavy (non-hydrogen) atoms. The molecule has 1 saturated heterocycles. The van der Waals surface area contributed by atoms with E-state index < -0.39 is 24.3 Å². The van der Waals surface area contributed by atoms with Gasteiger partial charge in [0.05, 0.1) is 24.9 Å². The molecule has 2 atom stereocenters. The van der Waals surface area contributed by atoms with Gasteiger partial charge in [0.15, 0.2) is 0 Å². The Morgan fingerprint density at radius 2 is 1.69 bits per heavy atom. The zero-order valence-corrected chi connectivity index (χ0v) is 26.2. The van der Waals surface area contributed by atoms with Crippen molar-refractivity contribution in [2.75, 3.05) is 39.2 Å². The number of hydrogen-bond acceptors (Lipinski definition) is 8. The Bertz CT molecular complexity index is 1540. The van der Waals surface area contributed by atoms with Crippen molar-refractivity contribution in [3.63, 3.8) is 0 Å². The Balaban J connectivity index is 0.000000392. The standard InChI is InChI=1S/C27H32N4O4.2C2HF3O2/c1-31-10-4-3-5-22(31)17-35-26-13-18(21-14-28-29-15-21)6-8-24(26)30-27(32)20-11-19-12-23(33-2)7-9-25(19)34-16-20;2*3-2(4,5)1(6)7/h6-9,12-15,20,22H,3-5,10-11,16-17H2,1-2H3,(H,28,29)(H,30,32);2*(H,6,7). The second-order valence-electron chi connectivity index (χ2n) is 10.9. The first-order valence-corrected chi connectivity index (χ1v) is 14.7. The molecule has 4 N–H and O–H groups in total. The van der Waals surface area contributed by atoms with Crippen LogP contribution < -0.4 is 19.5 Å². The number of aliphatic carboxylic acids is 2. The number of carboxylic acids is 2. The maximum Gasteiger partial charge on any atom is 0.490 e. The van der Waals surface area contributed by atoms with E-state index in [0.29, 0.717) is 37.1 Å². The number of carbonyl (C=O) groups is 3. The second kappa shape index (κ2) is 16.9. The number of benzene rings is 2. The fourth-order valence-electron chi connectivity index (χ4n) is 4.78. The van der Waals surface area contributed by atoms with Gasteiger partial charge in [-0.2, -0.15) is 31.4 Å². The number of aromatic nitrogens is 2. The van der Waals surface area contributed by atoms with E-state index in [1.165, 1.54) is 12.8 Å². The fourth-order valence-corrected chi connectivity index (χ4v) is 4.78. The van der Waals surface area contributed by atoms with Crippen LogP contribution in [0, 0.1) is 5.92 Å². The van der Waals surface area contributed by atoms with Crippen molar-refractivity contribution in [2.45, 2.75) is 44.1 Å². The Labute approximate surface area is 275 Å². The lowest BCUT2D eigenvalue weighted by Gasteiger charge is -2.32. The van der Waals surface area contributed by atoms with Gasteiger partial charge in [0.1, 0.15) is 30.5 Å². The average Bonchev–Trinajstić information content (AvgIpc) is 3.59. The Morgan fingerprint density at radius 1 is 1.02 bits per heavy atom. The molecule has 2 aliphatic heterocycles. The van der Waals surface area contributed by atoms with Crippen molar-refractivity contribution in [2.24, 2.45) is 5.92 Å². The summed E-state index contributed by atoms with van der Waals surface area (Å²) >= 11 is 0. The summed E-state index contributed by atoms with van der Waals surface area (Å²) in [5, 5.41) is 24.3. The van der Waals surface area contributed by atoms with Crippen LogP contribution in [0.1, 0.15) is 24.8 Å². The molecule has 0 aliphatic carbocycles. The second-order valence-corrected chi connectivity index (χ2v) is 10.9. The third-order valence-corrected chi connectivity index (χ3v) is 7.45. The first-order valence-electron chi connectivity index (χ1n) is 14.7. The highest BCUT2D eigenvalue weighted by molar-refractivity contribution is 5.95. The molecule has 2 unspecified atom stereocenters. The smallest absolute Gasteiger partial charge is 0.490 e. The zero-order chi connectivity index (χ0) is 36.4. The van der Waals surface area contributed by atoms with E-state index in [4.69, 9.17) is 34.0 Å². The number of hydrogen-bond donors (Lipinski definition) is 4. The number of rotatable bonds is 7. The van der Waals surface area contributed by atoms with Crippen LogP contribution in [0.5, 0.6) is 17.2 Å². The van der Waals surface area contributed by atoms with Crippen molar-refractivity contribution in [1.82, 2.24) is 15.1 Å². The maximum absolute atomic E-state index is 13.3. The topological polar surface area (TPSA) is 163 Å². The lowest BCUT2D eigenvalue weighted by Crippen LogP contribution is -2.40. The van der Waals surface area contributed by atoms with Gasteiger partial charge in [-0.1, -0.05) is 12.5 Å². The van der Waals surface area contributed by atoms with Crippen LogP contribution in [0.15, 0.2) is 48.8 Å². The van der Waals surface area contributed by atoms with Gasteiger partial charge in [0.25, 0.3) is 0 Å². The number of anilines is 1. The molecule has 0 spiro atoms. The van der Waals surface area contributed by atoms with Crippen molar-refractivity contribution in [3.05, 3.63) is 54.4 Å². The van der Waals surface area contributed by atoms with Crippen molar-refractivity contribution in [3.8, 4) is 28.4 Å². The van der Waals surface area contributed by atoms with E-state index in [1.807, 2.05) is 42.6 Å². The molecule has 2 aromatic carbocycles.